The van der Waals surface area contributed by atoms with Crippen LogP contribution in [0.2, 0.25) is 5.02 Å². The van der Waals surface area contributed by atoms with Gasteiger partial charge in [0.05, 0.1) is 22.8 Å². The first-order valence-corrected chi connectivity index (χ1v) is 12.8. The topological polar surface area (TPSA) is 89.9 Å². The Bertz CT molecular complexity index is 1050. The van der Waals surface area contributed by atoms with Crippen molar-refractivity contribution in [3.63, 3.8) is 0 Å². The second kappa shape index (κ2) is 10.1. The van der Waals surface area contributed by atoms with Crippen LogP contribution in [-0.2, 0) is 10.0 Å². The Balaban J connectivity index is 1.85. The third kappa shape index (κ3) is 5.64. The number of halogens is 1. The number of nitrogens with zero attached hydrogens (tertiary/aromatic N) is 1. The zero-order valence-corrected chi connectivity index (χ0v) is 20.6. The Morgan fingerprint density at radius 3 is 2.41 bits per heavy atom. The number of rotatable bonds is 9. The van der Waals surface area contributed by atoms with Crippen LogP contribution in [0.15, 0.2) is 41.3 Å². The molecule has 0 spiro atoms. The average Bonchev–Trinajstić information content (AvgIpc) is 2.68. The lowest BCUT2D eigenvalue weighted by Gasteiger charge is -2.33. The number of aliphatic hydroxyl groups is 2. The van der Waals surface area contributed by atoms with Gasteiger partial charge in [0.1, 0.15) is 0 Å². The number of aryl methyl sites for hydroxylation is 2. The van der Waals surface area contributed by atoms with Crippen molar-refractivity contribution in [1.82, 2.24) is 5.32 Å². The maximum atomic E-state index is 13.6. The molecular weight excluding hydrogens is 448 g/mol. The van der Waals surface area contributed by atoms with E-state index in [2.05, 4.69) is 5.32 Å². The molecule has 0 radical (unpaired) electrons. The summed E-state index contributed by atoms with van der Waals surface area (Å²) < 4.78 is 28.6. The van der Waals surface area contributed by atoms with Gasteiger partial charge < -0.3 is 15.5 Å². The van der Waals surface area contributed by atoms with E-state index in [0.717, 1.165) is 11.1 Å². The van der Waals surface area contributed by atoms with E-state index in [0.29, 0.717) is 30.6 Å². The largest absolute Gasteiger partial charge is 0.393 e. The summed E-state index contributed by atoms with van der Waals surface area (Å²) >= 11 is 6.41. The van der Waals surface area contributed by atoms with Crippen LogP contribution in [0.3, 0.4) is 0 Å². The van der Waals surface area contributed by atoms with Crippen molar-refractivity contribution in [2.75, 3.05) is 17.4 Å². The number of hydrogen-bond acceptors (Lipinski definition) is 5. The maximum Gasteiger partial charge on any atom is 0.264 e. The molecule has 2 aromatic carbocycles. The van der Waals surface area contributed by atoms with Crippen LogP contribution in [0.4, 0.5) is 5.69 Å². The van der Waals surface area contributed by atoms with E-state index in [9.17, 15) is 18.6 Å². The van der Waals surface area contributed by atoms with E-state index in [-0.39, 0.29) is 34.5 Å². The van der Waals surface area contributed by atoms with Crippen LogP contribution < -0.4 is 9.62 Å². The standard InChI is InChI=1S/C24H33ClN2O4S/c1-15(2)14-27(23-8-5-16(3)9-17(23)4)32(30,31)20-6-7-21(22(25)12-20)24(29)13-26-18-10-19(28)11-18/h5-9,12,15,18-19,24,26,28-29H,10-11,13-14H2,1-4H3. The normalized spacial score (nSPS) is 19.6. The Morgan fingerprint density at radius 2 is 1.84 bits per heavy atom. The van der Waals surface area contributed by atoms with Crippen molar-refractivity contribution in [2.24, 2.45) is 5.92 Å². The lowest BCUT2D eigenvalue weighted by Crippen LogP contribution is -2.45. The summed E-state index contributed by atoms with van der Waals surface area (Å²) in [5, 5.41) is 23.3. The van der Waals surface area contributed by atoms with Crippen molar-refractivity contribution in [3.8, 4) is 0 Å². The van der Waals surface area contributed by atoms with Gasteiger partial charge in [0, 0.05) is 29.7 Å². The van der Waals surface area contributed by atoms with Gasteiger partial charge in [-0.3, -0.25) is 4.31 Å². The molecule has 1 fully saturated rings. The van der Waals surface area contributed by atoms with Crippen molar-refractivity contribution >= 4 is 27.3 Å². The van der Waals surface area contributed by atoms with Crippen LogP contribution in [0.25, 0.3) is 0 Å². The molecule has 32 heavy (non-hydrogen) atoms. The second-order valence-corrected chi connectivity index (χ2v) is 11.4. The van der Waals surface area contributed by atoms with Crippen molar-refractivity contribution in [2.45, 2.75) is 63.7 Å². The minimum absolute atomic E-state index is 0.0918. The minimum Gasteiger partial charge on any atom is -0.393 e. The molecule has 1 unspecified atom stereocenters. The predicted octanol–water partition coefficient (Wildman–Crippen LogP) is 3.95. The van der Waals surface area contributed by atoms with Gasteiger partial charge in [-0.25, -0.2) is 8.42 Å². The molecular formula is C24H33ClN2O4S. The van der Waals surface area contributed by atoms with Gasteiger partial charge in [0.25, 0.3) is 10.0 Å². The maximum absolute atomic E-state index is 13.6. The van der Waals surface area contributed by atoms with E-state index in [4.69, 9.17) is 11.6 Å². The van der Waals surface area contributed by atoms with Crippen LogP contribution in [0, 0.1) is 19.8 Å². The monoisotopic (exact) mass is 480 g/mol. The van der Waals surface area contributed by atoms with Gasteiger partial charge in [-0.05, 0) is 56.4 Å². The fourth-order valence-electron chi connectivity index (χ4n) is 3.95. The number of hydrogen-bond donors (Lipinski definition) is 3. The predicted molar refractivity (Wildman–Crippen MR) is 129 cm³/mol. The zero-order valence-electron chi connectivity index (χ0n) is 19.0. The highest BCUT2D eigenvalue weighted by atomic mass is 35.5. The van der Waals surface area contributed by atoms with Crippen LogP contribution in [0.1, 0.15) is 49.5 Å². The SMILES string of the molecule is Cc1ccc(N(CC(C)C)S(=O)(=O)c2ccc(C(O)CNC3CC(O)C3)c(Cl)c2)c(C)c1. The fraction of sp³-hybridized carbons (Fsp3) is 0.500. The van der Waals surface area contributed by atoms with E-state index < -0.39 is 16.1 Å². The third-order valence-corrected chi connectivity index (χ3v) is 7.89. The molecule has 8 heteroatoms. The van der Waals surface area contributed by atoms with Gasteiger partial charge in [0.2, 0.25) is 0 Å². The lowest BCUT2D eigenvalue weighted by molar-refractivity contribution is 0.0551. The van der Waals surface area contributed by atoms with Crippen molar-refractivity contribution < 1.29 is 18.6 Å². The molecule has 3 rings (SSSR count). The molecule has 1 saturated carbocycles. The summed E-state index contributed by atoms with van der Waals surface area (Å²) in [4.78, 5) is 0.0918. The molecule has 1 aliphatic rings. The number of sulfonamides is 1. The fourth-order valence-corrected chi connectivity index (χ4v) is 6.04. The molecule has 0 aromatic heterocycles. The molecule has 1 atom stereocenters. The average molecular weight is 481 g/mol. The highest BCUT2D eigenvalue weighted by Crippen LogP contribution is 2.32. The third-order valence-electron chi connectivity index (χ3n) is 5.78. The van der Waals surface area contributed by atoms with Crippen LogP contribution >= 0.6 is 11.6 Å². The highest BCUT2D eigenvalue weighted by Gasteiger charge is 2.29. The quantitative estimate of drug-likeness (QED) is 0.505. The Labute approximate surface area is 196 Å². The number of benzene rings is 2. The summed E-state index contributed by atoms with van der Waals surface area (Å²) in [7, 11) is -3.85. The summed E-state index contributed by atoms with van der Waals surface area (Å²) in [5.41, 5.74) is 3.08. The van der Waals surface area contributed by atoms with Crippen molar-refractivity contribution in [3.05, 3.63) is 58.1 Å². The van der Waals surface area contributed by atoms with Crippen LogP contribution in [-0.4, -0.2) is 43.9 Å². The summed E-state index contributed by atoms with van der Waals surface area (Å²) in [5.74, 6) is 0.123. The summed E-state index contributed by atoms with van der Waals surface area (Å²) in [6.07, 6.45) is 0.190. The molecule has 0 aliphatic heterocycles. The lowest BCUT2D eigenvalue weighted by atomic mass is 9.89. The van der Waals surface area contributed by atoms with E-state index in [1.54, 1.807) is 6.07 Å². The molecule has 6 nitrogen and oxygen atoms in total. The molecule has 2 aromatic rings. The molecule has 176 valence electrons. The number of aliphatic hydroxyl groups excluding tert-OH is 2. The first kappa shape index (κ1) is 25.0. The molecule has 3 N–H and O–H groups in total. The minimum atomic E-state index is -3.85. The molecule has 0 heterocycles. The van der Waals surface area contributed by atoms with E-state index in [1.165, 1.54) is 16.4 Å². The molecule has 1 aliphatic carbocycles. The van der Waals surface area contributed by atoms with E-state index >= 15 is 0 Å². The van der Waals surface area contributed by atoms with Gasteiger partial charge in [-0.2, -0.15) is 0 Å². The van der Waals surface area contributed by atoms with E-state index in [1.807, 2.05) is 45.9 Å². The molecule has 0 amide bonds. The first-order chi connectivity index (χ1) is 15.0. The smallest absolute Gasteiger partial charge is 0.264 e. The van der Waals surface area contributed by atoms with Gasteiger partial charge in [-0.1, -0.05) is 49.2 Å². The van der Waals surface area contributed by atoms with Crippen LogP contribution in [0.5, 0.6) is 0 Å². The van der Waals surface area contributed by atoms with Gasteiger partial charge >= 0.3 is 0 Å². The Hall–Kier alpha value is -1.64. The number of anilines is 1. The Kier molecular flexibility index (Phi) is 7.89. The summed E-state index contributed by atoms with van der Waals surface area (Å²) in [6, 6.07) is 10.4. The highest BCUT2D eigenvalue weighted by molar-refractivity contribution is 7.92. The van der Waals surface area contributed by atoms with Gasteiger partial charge in [-0.15, -0.1) is 0 Å². The van der Waals surface area contributed by atoms with Gasteiger partial charge in [0.15, 0.2) is 0 Å². The zero-order chi connectivity index (χ0) is 23.6. The first-order valence-electron chi connectivity index (χ1n) is 11.0. The molecule has 0 saturated heterocycles. The Morgan fingerprint density at radius 1 is 1.16 bits per heavy atom. The summed E-state index contributed by atoms with van der Waals surface area (Å²) in [6.45, 7) is 8.46. The molecule has 0 bridgehead atoms. The van der Waals surface area contributed by atoms with Crippen molar-refractivity contribution in [1.29, 1.82) is 0 Å². The second-order valence-electron chi connectivity index (χ2n) is 9.15. The number of nitrogens with one attached hydrogen (secondary N) is 1.